The zero-order valence-corrected chi connectivity index (χ0v) is 18.1. The lowest BCUT2D eigenvalue weighted by atomic mass is 10.1. The molecule has 0 radical (unpaired) electrons. The minimum Gasteiger partial charge on any atom is -0.462 e. The van der Waals surface area contributed by atoms with Crippen LogP contribution in [0.2, 0.25) is 0 Å². The molecule has 0 spiro atoms. The maximum atomic E-state index is 12.8. The van der Waals surface area contributed by atoms with Crippen LogP contribution >= 0.6 is 0 Å². The zero-order valence-electron chi connectivity index (χ0n) is 18.1. The van der Waals surface area contributed by atoms with Crippen LogP contribution in [0.25, 0.3) is 11.0 Å². The molecule has 2 aromatic heterocycles. The fourth-order valence-electron chi connectivity index (χ4n) is 2.90. The Balaban J connectivity index is 1.78. The molecule has 2 amide bonds. The first-order chi connectivity index (χ1) is 15.3. The molecule has 32 heavy (non-hydrogen) atoms. The van der Waals surface area contributed by atoms with Gasteiger partial charge in [-0.05, 0) is 45.3 Å². The fraction of sp³-hybridized carbons (Fsp3) is 0.286. The van der Waals surface area contributed by atoms with Gasteiger partial charge in [0.25, 0.3) is 5.91 Å². The van der Waals surface area contributed by atoms with Crippen molar-refractivity contribution in [3.63, 3.8) is 0 Å². The molecule has 11 heteroatoms. The van der Waals surface area contributed by atoms with E-state index in [-0.39, 0.29) is 29.7 Å². The summed E-state index contributed by atoms with van der Waals surface area (Å²) in [4.78, 5) is 43.0. The topological polar surface area (TPSA) is 155 Å². The second-order valence-electron chi connectivity index (χ2n) is 7.25. The van der Waals surface area contributed by atoms with Crippen LogP contribution in [0.5, 0.6) is 0 Å². The highest BCUT2D eigenvalue weighted by Crippen LogP contribution is 2.24. The number of anilines is 3. The first kappa shape index (κ1) is 22.7. The Labute approximate surface area is 184 Å². The van der Waals surface area contributed by atoms with Crippen LogP contribution in [0.1, 0.15) is 34.1 Å². The number of hydrogen-bond donors (Lipinski definition) is 4. The number of hydrogen-bond acceptors (Lipinski definition) is 8. The lowest BCUT2D eigenvalue weighted by Crippen LogP contribution is -2.21. The van der Waals surface area contributed by atoms with Gasteiger partial charge < -0.3 is 26.0 Å². The number of esters is 1. The monoisotopic (exact) mass is 439 g/mol. The third-order valence-corrected chi connectivity index (χ3v) is 4.50. The second kappa shape index (κ2) is 9.88. The molecule has 0 atom stereocenters. The lowest BCUT2D eigenvalue weighted by Gasteiger charge is -2.10. The standard InChI is InChI=1S/C21H25N7O4/c1-4-32-21(31)14-11-15-18(24-17(14)22)26-27-19(15)25-20(30)12-6-5-7-13(10-12)23-16(29)8-9-28(2)3/h5-7,10-11H,4,8-9H2,1-3H3,(H,23,29)(H4,22,24,25,26,27,30). The molecule has 0 aliphatic rings. The van der Waals surface area contributed by atoms with E-state index in [9.17, 15) is 14.4 Å². The van der Waals surface area contributed by atoms with E-state index >= 15 is 0 Å². The van der Waals surface area contributed by atoms with Crippen LogP contribution in [0.4, 0.5) is 17.3 Å². The van der Waals surface area contributed by atoms with Crippen LogP contribution < -0.4 is 16.4 Å². The Hall–Kier alpha value is -3.99. The quantitative estimate of drug-likeness (QED) is 0.388. The first-order valence-electron chi connectivity index (χ1n) is 9.96. The van der Waals surface area contributed by atoms with Crippen molar-refractivity contribution in [3.8, 4) is 0 Å². The summed E-state index contributed by atoms with van der Waals surface area (Å²) < 4.78 is 4.99. The minimum atomic E-state index is -0.615. The number of aromatic amines is 1. The van der Waals surface area contributed by atoms with Gasteiger partial charge in [0.05, 0.1) is 12.0 Å². The third kappa shape index (κ3) is 5.38. The molecule has 0 saturated heterocycles. The number of nitrogens with two attached hydrogens (primary N) is 1. The predicted molar refractivity (Wildman–Crippen MR) is 120 cm³/mol. The molecule has 3 rings (SSSR count). The van der Waals surface area contributed by atoms with E-state index in [1.54, 1.807) is 31.2 Å². The molecule has 0 unspecified atom stereocenters. The SMILES string of the molecule is CCOC(=O)c1cc2c(NC(=O)c3cccc(NC(=O)CCN(C)C)c3)n[nH]c2nc1N. The second-order valence-corrected chi connectivity index (χ2v) is 7.25. The summed E-state index contributed by atoms with van der Waals surface area (Å²) in [5.41, 5.74) is 7.05. The van der Waals surface area contributed by atoms with Gasteiger partial charge in [-0.2, -0.15) is 5.10 Å². The summed E-state index contributed by atoms with van der Waals surface area (Å²) in [6.07, 6.45) is 0.335. The average Bonchev–Trinajstić information content (AvgIpc) is 3.13. The zero-order chi connectivity index (χ0) is 23.3. The fourth-order valence-corrected chi connectivity index (χ4v) is 2.90. The molecule has 0 aliphatic heterocycles. The number of fused-ring (bicyclic) bond motifs is 1. The summed E-state index contributed by atoms with van der Waals surface area (Å²) in [6.45, 7) is 2.49. The predicted octanol–water partition coefficient (Wildman–Crippen LogP) is 1.86. The van der Waals surface area contributed by atoms with Crippen LogP contribution in [-0.2, 0) is 9.53 Å². The summed E-state index contributed by atoms with van der Waals surface area (Å²) >= 11 is 0. The van der Waals surface area contributed by atoms with Crippen molar-refractivity contribution in [1.29, 1.82) is 0 Å². The van der Waals surface area contributed by atoms with E-state index in [1.165, 1.54) is 6.07 Å². The van der Waals surface area contributed by atoms with Crippen molar-refractivity contribution in [2.24, 2.45) is 0 Å². The summed E-state index contributed by atoms with van der Waals surface area (Å²) in [6, 6.07) is 8.01. The van der Waals surface area contributed by atoms with E-state index in [0.29, 0.717) is 35.2 Å². The van der Waals surface area contributed by atoms with Gasteiger partial charge >= 0.3 is 5.97 Å². The first-order valence-corrected chi connectivity index (χ1v) is 9.96. The van der Waals surface area contributed by atoms with Gasteiger partial charge in [0, 0.05) is 24.2 Å². The molecule has 2 heterocycles. The lowest BCUT2D eigenvalue weighted by molar-refractivity contribution is -0.116. The molecule has 168 valence electrons. The van der Waals surface area contributed by atoms with Crippen LogP contribution in [0.3, 0.4) is 0 Å². The molecule has 0 saturated carbocycles. The van der Waals surface area contributed by atoms with Gasteiger partial charge in [0.15, 0.2) is 11.5 Å². The highest BCUT2D eigenvalue weighted by atomic mass is 16.5. The molecule has 0 fully saturated rings. The van der Waals surface area contributed by atoms with Crippen LogP contribution in [0.15, 0.2) is 30.3 Å². The molecule has 0 aliphatic carbocycles. The average molecular weight is 439 g/mol. The Morgan fingerprint density at radius 2 is 1.97 bits per heavy atom. The van der Waals surface area contributed by atoms with E-state index in [4.69, 9.17) is 10.5 Å². The number of amides is 2. The van der Waals surface area contributed by atoms with Gasteiger partial charge in [-0.1, -0.05) is 6.07 Å². The normalized spacial score (nSPS) is 10.9. The van der Waals surface area contributed by atoms with Crippen LogP contribution in [0, 0.1) is 0 Å². The van der Waals surface area contributed by atoms with Crippen molar-refractivity contribution < 1.29 is 19.1 Å². The largest absolute Gasteiger partial charge is 0.462 e. The Morgan fingerprint density at radius 3 is 2.69 bits per heavy atom. The van der Waals surface area contributed by atoms with Gasteiger partial charge in [-0.25, -0.2) is 9.78 Å². The van der Waals surface area contributed by atoms with Crippen molar-refractivity contribution in [3.05, 3.63) is 41.5 Å². The van der Waals surface area contributed by atoms with E-state index in [1.807, 2.05) is 19.0 Å². The van der Waals surface area contributed by atoms with Crippen LogP contribution in [-0.4, -0.2) is 65.1 Å². The highest BCUT2D eigenvalue weighted by molar-refractivity contribution is 6.09. The van der Waals surface area contributed by atoms with E-state index in [2.05, 4.69) is 25.8 Å². The molecule has 5 N–H and O–H groups in total. The highest BCUT2D eigenvalue weighted by Gasteiger charge is 2.18. The van der Waals surface area contributed by atoms with Gasteiger partial charge in [0.2, 0.25) is 5.91 Å². The van der Waals surface area contributed by atoms with Gasteiger partial charge in [0.1, 0.15) is 11.4 Å². The number of benzene rings is 1. The number of carbonyl (C=O) groups excluding carboxylic acids is 3. The van der Waals surface area contributed by atoms with Crippen molar-refractivity contribution in [1.82, 2.24) is 20.1 Å². The Morgan fingerprint density at radius 1 is 1.19 bits per heavy atom. The van der Waals surface area contributed by atoms with Crippen molar-refractivity contribution in [2.75, 3.05) is 43.6 Å². The maximum Gasteiger partial charge on any atom is 0.341 e. The van der Waals surface area contributed by atoms with E-state index in [0.717, 1.165) is 0 Å². The molecule has 0 bridgehead atoms. The van der Waals surface area contributed by atoms with Gasteiger partial charge in [-0.3, -0.25) is 14.7 Å². The smallest absolute Gasteiger partial charge is 0.341 e. The number of aromatic nitrogens is 3. The Bertz CT molecular complexity index is 1160. The molecule has 3 aromatic rings. The van der Waals surface area contributed by atoms with Crippen molar-refractivity contribution in [2.45, 2.75) is 13.3 Å². The summed E-state index contributed by atoms with van der Waals surface area (Å²) in [5, 5.41) is 12.6. The molecular formula is C21H25N7O4. The molecule has 11 nitrogen and oxygen atoms in total. The molecule has 1 aromatic carbocycles. The number of pyridine rings is 1. The van der Waals surface area contributed by atoms with Gasteiger partial charge in [-0.15, -0.1) is 0 Å². The number of H-pyrrole nitrogens is 1. The van der Waals surface area contributed by atoms with Crippen molar-refractivity contribution >= 4 is 46.1 Å². The summed E-state index contributed by atoms with van der Waals surface area (Å²) in [5.74, 6) is -1.03. The minimum absolute atomic E-state index is 0.00446. The Kier molecular flexibility index (Phi) is 7.00. The van der Waals surface area contributed by atoms with E-state index < -0.39 is 11.9 Å². The maximum absolute atomic E-state index is 12.8. The number of carbonyl (C=O) groups is 3. The number of nitrogen functional groups attached to an aromatic ring is 1. The molecular weight excluding hydrogens is 414 g/mol. The number of nitrogens with zero attached hydrogens (tertiary/aromatic N) is 3. The summed E-state index contributed by atoms with van der Waals surface area (Å²) in [7, 11) is 3.77. The number of nitrogens with one attached hydrogen (secondary N) is 3. The number of ether oxygens (including phenoxy) is 1. The third-order valence-electron chi connectivity index (χ3n) is 4.50. The number of rotatable bonds is 8.